The third-order valence-corrected chi connectivity index (χ3v) is 3.29. The normalized spacial score (nSPS) is 12.8. The molecule has 0 aliphatic heterocycles. The van der Waals surface area contributed by atoms with Crippen molar-refractivity contribution < 1.29 is 27.8 Å². The Morgan fingerprint density at radius 1 is 1.35 bits per heavy atom. The molecule has 0 aliphatic rings. The van der Waals surface area contributed by atoms with Gasteiger partial charge in [0.1, 0.15) is 11.6 Å². The van der Waals surface area contributed by atoms with Gasteiger partial charge in [-0.3, -0.25) is 4.79 Å². The van der Waals surface area contributed by atoms with Crippen LogP contribution < -0.4 is 10.6 Å². The fourth-order valence-corrected chi connectivity index (χ4v) is 2.16. The molecule has 9 heteroatoms. The number of halogens is 2. The molecule has 1 aromatic heterocycles. The third-order valence-electron chi connectivity index (χ3n) is 2.41. The first-order valence-electron chi connectivity index (χ1n) is 6.87. The van der Waals surface area contributed by atoms with E-state index in [4.69, 9.17) is 4.74 Å². The van der Waals surface area contributed by atoms with E-state index in [0.717, 1.165) is 4.88 Å². The molecule has 2 amide bonds. The number of hydrogen-bond acceptors (Lipinski definition) is 5. The predicted octanol–water partition coefficient (Wildman–Crippen LogP) is 2.50. The molecule has 2 N–H and O–H groups in total. The number of alkyl halides is 2. The highest BCUT2D eigenvalue weighted by Crippen LogP contribution is 2.09. The first kappa shape index (κ1) is 19.3. The molecule has 1 rings (SSSR count). The van der Waals surface area contributed by atoms with Gasteiger partial charge >= 0.3 is 12.7 Å². The number of alkyl carbamates (subject to hydrolysis) is 1. The molecule has 1 atom stereocenters. The smallest absolute Gasteiger partial charge is 0.408 e. The summed E-state index contributed by atoms with van der Waals surface area (Å²) in [5, 5.41) is 6.63. The van der Waals surface area contributed by atoms with E-state index in [9.17, 15) is 18.4 Å². The monoisotopic (exact) mass is 350 g/mol. The van der Waals surface area contributed by atoms with Crippen LogP contribution in [0.1, 0.15) is 25.6 Å². The van der Waals surface area contributed by atoms with Crippen LogP contribution >= 0.6 is 11.3 Å². The largest absolute Gasteiger partial charge is 0.444 e. The van der Waals surface area contributed by atoms with Gasteiger partial charge in [0, 0.05) is 4.88 Å². The summed E-state index contributed by atoms with van der Waals surface area (Å²) in [5.74, 6) is -0.634. The number of thiophene rings is 1. The second-order valence-electron chi connectivity index (χ2n) is 5.59. The minimum Gasteiger partial charge on any atom is -0.444 e. The van der Waals surface area contributed by atoms with Gasteiger partial charge in [0.25, 0.3) is 0 Å². The van der Waals surface area contributed by atoms with E-state index < -0.39 is 36.9 Å². The van der Waals surface area contributed by atoms with E-state index >= 15 is 0 Å². The fraction of sp³-hybridized carbons (Fsp3) is 0.571. The Morgan fingerprint density at radius 3 is 2.57 bits per heavy atom. The molecule has 6 nitrogen and oxygen atoms in total. The van der Waals surface area contributed by atoms with E-state index in [0.29, 0.717) is 0 Å². The summed E-state index contributed by atoms with van der Waals surface area (Å²) in [6.45, 7) is 1.48. The Kier molecular flexibility index (Phi) is 7.37. The van der Waals surface area contributed by atoms with E-state index in [2.05, 4.69) is 15.4 Å². The number of hydrogen-bond donors (Lipinski definition) is 2. The third kappa shape index (κ3) is 8.46. The Balaban J connectivity index is 2.59. The maximum Gasteiger partial charge on any atom is 0.408 e. The quantitative estimate of drug-likeness (QED) is 0.792. The highest BCUT2D eigenvalue weighted by molar-refractivity contribution is 7.09. The summed E-state index contributed by atoms with van der Waals surface area (Å²) < 4.78 is 33.5. The zero-order chi connectivity index (χ0) is 17.5. The summed E-state index contributed by atoms with van der Waals surface area (Å²) in [4.78, 5) is 24.6. The lowest BCUT2D eigenvalue weighted by Gasteiger charge is -2.23. The van der Waals surface area contributed by atoms with E-state index in [-0.39, 0.29) is 6.54 Å². The summed E-state index contributed by atoms with van der Waals surface area (Å²) in [5.41, 5.74) is -0.772. The van der Waals surface area contributed by atoms with Crippen molar-refractivity contribution in [1.29, 1.82) is 0 Å². The molecule has 0 aliphatic carbocycles. The molecule has 130 valence electrons. The highest BCUT2D eigenvalue weighted by atomic mass is 32.1. The molecular formula is C14H20F2N2O4S. The van der Waals surface area contributed by atoms with Crippen LogP contribution in [0.2, 0.25) is 0 Å². The number of rotatable bonds is 7. The lowest BCUT2D eigenvalue weighted by Crippen LogP contribution is -2.50. The molecular weight excluding hydrogens is 330 g/mol. The number of carbonyl (C=O) groups excluding carboxylic acids is 2. The zero-order valence-corrected chi connectivity index (χ0v) is 13.9. The van der Waals surface area contributed by atoms with Gasteiger partial charge in [0.2, 0.25) is 5.91 Å². The Labute approximate surface area is 137 Å². The van der Waals surface area contributed by atoms with Gasteiger partial charge in [-0.25, -0.2) is 4.79 Å². The molecule has 0 saturated carbocycles. The van der Waals surface area contributed by atoms with Crippen molar-refractivity contribution in [3.05, 3.63) is 22.4 Å². The van der Waals surface area contributed by atoms with Crippen molar-refractivity contribution in [3.8, 4) is 0 Å². The van der Waals surface area contributed by atoms with Gasteiger partial charge in [-0.2, -0.15) is 8.78 Å². The van der Waals surface area contributed by atoms with Gasteiger partial charge in [-0.05, 0) is 32.2 Å². The second-order valence-corrected chi connectivity index (χ2v) is 6.62. The standard InChI is InChI=1S/C14H20F2N2O4S/c1-14(2,3)22-13(20)18-10(8-21-12(15)16)11(19)17-7-9-5-4-6-23-9/h4-6,10,12H,7-8H2,1-3H3,(H,17,19)(H,18,20)/t10-/m1/s1. The molecule has 1 heterocycles. The van der Waals surface area contributed by atoms with Crippen molar-refractivity contribution in [1.82, 2.24) is 10.6 Å². The van der Waals surface area contributed by atoms with Crippen LogP contribution in [0.25, 0.3) is 0 Å². The topological polar surface area (TPSA) is 76.7 Å². The number of carbonyl (C=O) groups is 2. The second kappa shape index (κ2) is 8.78. The maximum atomic E-state index is 12.2. The molecule has 0 fully saturated rings. The van der Waals surface area contributed by atoms with Crippen LogP contribution in [-0.4, -0.2) is 36.9 Å². The average molecular weight is 350 g/mol. The van der Waals surface area contributed by atoms with E-state index in [1.807, 2.05) is 17.5 Å². The van der Waals surface area contributed by atoms with Crippen LogP contribution in [-0.2, 0) is 20.8 Å². The minimum atomic E-state index is -3.04. The van der Waals surface area contributed by atoms with Crippen LogP contribution in [0.5, 0.6) is 0 Å². The summed E-state index contributed by atoms with van der Waals surface area (Å²) in [6.07, 6.45) is -0.883. The number of ether oxygens (including phenoxy) is 2. The molecule has 23 heavy (non-hydrogen) atoms. The molecule has 0 aromatic carbocycles. The highest BCUT2D eigenvalue weighted by Gasteiger charge is 2.25. The number of nitrogens with one attached hydrogen (secondary N) is 2. The lowest BCUT2D eigenvalue weighted by molar-refractivity contribution is -0.143. The van der Waals surface area contributed by atoms with Crippen LogP contribution in [0, 0.1) is 0 Å². The molecule has 0 saturated heterocycles. The zero-order valence-electron chi connectivity index (χ0n) is 13.1. The summed E-state index contributed by atoms with van der Waals surface area (Å²) in [6, 6.07) is 2.36. The predicted molar refractivity (Wildman–Crippen MR) is 81.3 cm³/mol. The molecule has 0 unspecified atom stereocenters. The first-order valence-corrected chi connectivity index (χ1v) is 7.74. The maximum absolute atomic E-state index is 12.2. The van der Waals surface area contributed by atoms with Crippen molar-refractivity contribution in [3.63, 3.8) is 0 Å². The van der Waals surface area contributed by atoms with E-state index in [1.54, 1.807) is 20.8 Å². The summed E-state index contributed by atoms with van der Waals surface area (Å²) in [7, 11) is 0. The van der Waals surface area contributed by atoms with Crippen molar-refractivity contribution in [2.45, 2.75) is 45.6 Å². The summed E-state index contributed by atoms with van der Waals surface area (Å²) >= 11 is 1.44. The minimum absolute atomic E-state index is 0.234. The molecule has 0 bridgehead atoms. The van der Waals surface area contributed by atoms with Gasteiger partial charge in [-0.1, -0.05) is 6.07 Å². The number of amides is 2. The Morgan fingerprint density at radius 2 is 2.04 bits per heavy atom. The molecule has 0 radical (unpaired) electrons. The van der Waals surface area contributed by atoms with Gasteiger partial charge in [0.05, 0.1) is 13.2 Å². The van der Waals surface area contributed by atoms with Gasteiger partial charge < -0.3 is 20.1 Å². The molecule has 0 spiro atoms. The average Bonchev–Trinajstić information content (AvgIpc) is 2.91. The van der Waals surface area contributed by atoms with Gasteiger partial charge in [0.15, 0.2) is 0 Å². The van der Waals surface area contributed by atoms with E-state index in [1.165, 1.54) is 11.3 Å². The SMILES string of the molecule is CC(C)(C)OC(=O)N[C@H](COC(F)F)C(=O)NCc1cccs1. The van der Waals surface area contributed by atoms with Crippen LogP contribution in [0.3, 0.4) is 0 Å². The Hall–Kier alpha value is -1.74. The first-order chi connectivity index (χ1) is 10.7. The van der Waals surface area contributed by atoms with Crippen molar-refractivity contribution in [2.24, 2.45) is 0 Å². The fourth-order valence-electron chi connectivity index (χ4n) is 1.51. The lowest BCUT2D eigenvalue weighted by atomic mass is 10.2. The van der Waals surface area contributed by atoms with Crippen LogP contribution in [0.4, 0.5) is 13.6 Å². The Bertz CT molecular complexity index is 503. The van der Waals surface area contributed by atoms with Gasteiger partial charge in [-0.15, -0.1) is 11.3 Å². The molecule has 1 aromatic rings. The van der Waals surface area contributed by atoms with Crippen LogP contribution in [0.15, 0.2) is 17.5 Å². The van der Waals surface area contributed by atoms with Crippen molar-refractivity contribution in [2.75, 3.05) is 6.61 Å². The van der Waals surface area contributed by atoms with Crippen molar-refractivity contribution >= 4 is 23.3 Å².